The third-order valence-electron chi connectivity index (χ3n) is 2.16. The minimum Gasteiger partial charge on any atom is -0.465 e. The van der Waals surface area contributed by atoms with E-state index >= 15 is 0 Å². The fourth-order valence-electron chi connectivity index (χ4n) is 1.20. The number of hydrogen-bond donors (Lipinski definition) is 0. The van der Waals surface area contributed by atoms with Crippen LogP contribution in [0.2, 0.25) is 0 Å². The Hall–Kier alpha value is -0.340. The van der Waals surface area contributed by atoms with E-state index in [1.807, 2.05) is 13.8 Å². The van der Waals surface area contributed by atoms with Gasteiger partial charge in [0.1, 0.15) is 0 Å². The topological polar surface area (TPSA) is 52.6 Å². The van der Waals surface area contributed by atoms with Crippen LogP contribution in [0.5, 0.6) is 0 Å². The van der Waals surface area contributed by atoms with Crippen LogP contribution in [0.3, 0.4) is 0 Å². The summed E-state index contributed by atoms with van der Waals surface area (Å²) in [5.41, 5.74) is 0. The van der Waals surface area contributed by atoms with Crippen molar-refractivity contribution in [2.45, 2.75) is 34.1 Å². The molecule has 0 rings (SSSR count). The number of hydrogen-bond acceptors (Lipinski definition) is 4. The van der Waals surface area contributed by atoms with E-state index in [0.29, 0.717) is 44.0 Å². The Morgan fingerprint density at radius 3 is 2.22 bits per heavy atom. The third kappa shape index (κ3) is 12.1. The molecule has 18 heavy (non-hydrogen) atoms. The zero-order valence-corrected chi connectivity index (χ0v) is 13.0. The predicted molar refractivity (Wildman–Crippen MR) is 74.8 cm³/mol. The molecule has 0 heterocycles. The minimum absolute atomic E-state index is 0.245. The lowest BCUT2D eigenvalue weighted by molar-refractivity contribution is -0.144. The summed E-state index contributed by atoms with van der Waals surface area (Å²) in [4.78, 5) is 11.3. The number of rotatable bonds is 10. The van der Waals surface area contributed by atoms with E-state index in [4.69, 9.17) is 9.47 Å². The average molecular weight is 278 g/mol. The van der Waals surface area contributed by atoms with Crippen LogP contribution >= 0.6 is 7.80 Å². The second-order valence-electron chi connectivity index (χ2n) is 5.33. The molecule has 0 saturated carbocycles. The molecule has 0 aromatic rings. The summed E-state index contributed by atoms with van der Waals surface area (Å²) >= 11 is 0. The Labute approximate surface area is 111 Å². The smallest absolute Gasteiger partial charge is 0.306 e. The van der Waals surface area contributed by atoms with Gasteiger partial charge in [0.05, 0.1) is 27.4 Å². The molecule has 0 N–H and O–H groups in total. The van der Waals surface area contributed by atoms with E-state index < -0.39 is 7.80 Å². The Bertz CT molecular complexity index is 251. The van der Waals surface area contributed by atoms with Crippen LogP contribution in [0.1, 0.15) is 34.1 Å². The maximum Gasteiger partial charge on any atom is 0.306 e. The highest BCUT2D eigenvalue weighted by Gasteiger charge is 2.08. The summed E-state index contributed by atoms with van der Waals surface area (Å²) in [6, 6.07) is 0. The first-order valence-electron chi connectivity index (χ1n) is 6.66. The monoisotopic (exact) mass is 278 g/mol. The van der Waals surface area contributed by atoms with Crippen LogP contribution in [0.25, 0.3) is 0 Å². The quantitative estimate of drug-likeness (QED) is 0.350. The van der Waals surface area contributed by atoms with Crippen molar-refractivity contribution in [1.29, 1.82) is 0 Å². The van der Waals surface area contributed by atoms with Crippen molar-refractivity contribution in [3.63, 3.8) is 0 Å². The molecule has 0 aromatic carbocycles. The molecule has 0 amide bonds. The molecule has 1 atom stereocenters. The number of ether oxygens (including phenoxy) is 2. The van der Waals surface area contributed by atoms with E-state index in [1.165, 1.54) is 0 Å². The molecule has 0 aromatic heterocycles. The standard InChI is InChI=1S/C13H27O4P/c1-11(2)9-16-6-8-18(15)7-5-13(14)17-10-12(3)4/h11-12,18H,5-10H2,1-4H3. The summed E-state index contributed by atoms with van der Waals surface area (Å²) in [6.07, 6.45) is 1.26. The van der Waals surface area contributed by atoms with Crippen molar-refractivity contribution in [2.24, 2.45) is 11.8 Å². The highest BCUT2D eigenvalue weighted by molar-refractivity contribution is 7.44. The zero-order valence-electron chi connectivity index (χ0n) is 12.0. The second-order valence-corrected chi connectivity index (χ2v) is 7.41. The lowest BCUT2D eigenvalue weighted by Gasteiger charge is -2.08. The Morgan fingerprint density at radius 2 is 1.67 bits per heavy atom. The molecule has 108 valence electrons. The van der Waals surface area contributed by atoms with Gasteiger partial charge in [-0.15, -0.1) is 0 Å². The summed E-state index contributed by atoms with van der Waals surface area (Å²) in [5, 5.41) is 0. The highest BCUT2D eigenvalue weighted by atomic mass is 31.1. The van der Waals surface area contributed by atoms with Gasteiger partial charge in [0.25, 0.3) is 0 Å². The third-order valence-corrected chi connectivity index (χ3v) is 3.73. The Kier molecular flexibility index (Phi) is 10.4. The van der Waals surface area contributed by atoms with Crippen molar-refractivity contribution in [3.05, 3.63) is 0 Å². The first-order chi connectivity index (χ1) is 8.41. The normalized spacial score (nSPS) is 13.0. The molecule has 5 heteroatoms. The van der Waals surface area contributed by atoms with E-state index in [2.05, 4.69) is 13.8 Å². The number of carbonyl (C=O) groups excluding carboxylic acids is 1. The number of carbonyl (C=O) groups is 1. The van der Waals surface area contributed by atoms with E-state index in [1.54, 1.807) is 0 Å². The summed E-state index contributed by atoms with van der Waals surface area (Å²) in [6.45, 7) is 9.80. The van der Waals surface area contributed by atoms with Gasteiger partial charge in [0.2, 0.25) is 0 Å². The van der Waals surface area contributed by atoms with E-state index in [0.717, 1.165) is 0 Å². The SMILES string of the molecule is CC(C)COCC[PH](=O)CCC(=O)OCC(C)C. The molecule has 0 bridgehead atoms. The first-order valence-corrected chi connectivity index (χ1v) is 8.49. The largest absolute Gasteiger partial charge is 0.465 e. The molecule has 0 radical (unpaired) electrons. The zero-order chi connectivity index (χ0) is 14.0. The maximum absolute atomic E-state index is 11.6. The van der Waals surface area contributed by atoms with E-state index in [-0.39, 0.29) is 12.4 Å². The molecule has 0 fully saturated rings. The van der Waals surface area contributed by atoms with Gasteiger partial charge in [0.15, 0.2) is 0 Å². The molecule has 0 aliphatic carbocycles. The predicted octanol–water partition coefficient (Wildman–Crippen LogP) is 2.81. The van der Waals surface area contributed by atoms with Crippen LogP contribution < -0.4 is 0 Å². The van der Waals surface area contributed by atoms with Gasteiger partial charge in [-0.25, -0.2) is 0 Å². The van der Waals surface area contributed by atoms with Crippen LogP contribution in [0.15, 0.2) is 0 Å². The van der Waals surface area contributed by atoms with Gasteiger partial charge in [-0.2, -0.15) is 0 Å². The molecule has 4 nitrogen and oxygen atoms in total. The molecule has 0 saturated heterocycles. The minimum atomic E-state index is -1.70. The van der Waals surface area contributed by atoms with Gasteiger partial charge in [0, 0.05) is 18.9 Å². The Morgan fingerprint density at radius 1 is 1.06 bits per heavy atom. The van der Waals surface area contributed by atoms with Crippen molar-refractivity contribution in [1.82, 2.24) is 0 Å². The van der Waals surface area contributed by atoms with Gasteiger partial charge in [-0.1, -0.05) is 27.7 Å². The van der Waals surface area contributed by atoms with Crippen LogP contribution in [-0.2, 0) is 18.8 Å². The fraction of sp³-hybridized carbons (Fsp3) is 0.923. The van der Waals surface area contributed by atoms with E-state index in [9.17, 15) is 9.36 Å². The molecule has 1 unspecified atom stereocenters. The average Bonchev–Trinajstić information content (AvgIpc) is 2.29. The van der Waals surface area contributed by atoms with Crippen molar-refractivity contribution < 1.29 is 18.8 Å². The van der Waals surface area contributed by atoms with Crippen molar-refractivity contribution >= 4 is 13.8 Å². The van der Waals surface area contributed by atoms with Gasteiger partial charge < -0.3 is 14.0 Å². The molecule has 0 aliphatic heterocycles. The number of esters is 1. The van der Waals surface area contributed by atoms with Crippen LogP contribution in [0, 0.1) is 11.8 Å². The highest BCUT2D eigenvalue weighted by Crippen LogP contribution is 2.21. The molecule has 0 spiro atoms. The van der Waals surface area contributed by atoms with Crippen LogP contribution in [0.4, 0.5) is 0 Å². The van der Waals surface area contributed by atoms with Gasteiger partial charge in [-0.05, 0) is 11.8 Å². The fourth-order valence-corrected chi connectivity index (χ4v) is 2.31. The Balaban J connectivity index is 3.49. The summed E-state index contributed by atoms with van der Waals surface area (Å²) < 4.78 is 22.0. The molecular formula is C13H27O4P. The van der Waals surface area contributed by atoms with Crippen LogP contribution in [-0.4, -0.2) is 38.1 Å². The first kappa shape index (κ1) is 17.7. The lowest BCUT2D eigenvalue weighted by atomic mass is 10.2. The summed E-state index contributed by atoms with van der Waals surface area (Å²) in [7, 11) is -1.70. The summed E-state index contributed by atoms with van der Waals surface area (Å²) in [5.74, 6) is 0.596. The molecule has 0 aliphatic rings. The van der Waals surface area contributed by atoms with Crippen molar-refractivity contribution in [3.8, 4) is 0 Å². The maximum atomic E-state index is 11.6. The van der Waals surface area contributed by atoms with Crippen molar-refractivity contribution in [2.75, 3.05) is 32.1 Å². The second kappa shape index (κ2) is 10.6. The molecular weight excluding hydrogens is 251 g/mol. The van der Waals surface area contributed by atoms with Gasteiger partial charge >= 0.3 is 5.97 Å². The lowest BCUT2D eigenvalue weighted by Crippen LogP contribution is -2.11. The van der Waals surface area contributed by atoms with Gasteiger partial charge in [-0.3, -0.25) is 4.79 Å².